The number of piperidine rings is 2. The number of esters is 1. The van der Waals surface area contributed by atoms with Crippen LogP contribution in [-0.4, -0.2) is 67.3 Å². The zero-order valence-electron chi connectivity index (χ0n) is 21.2. The van der Waals surface area contributed by atoms with E-state index in [0.717, 1.165) is 51.7 Å². The largest absolute Gasteiger partial charge is 0.469 e. The third-order valence-electron chi connectivity index (χ3n) is 7.77. The highest BCUT2D eigenvalue weighted by atomic mass is 16.6. The lowest BCUT2D eigenvalue weighted by molar-refractivity contribution is -0.148. The Balaban J connectivity index is 1.33. The maximum Gasteiger partial charge on any atom is 0.410 e. The molecule has 2 fully saturated rings. The zero-order valence-corrected chi connectivity index (χ0v) is 21.2. The van der Waals surface area contributed by atoms with Crippen LogP contribution in [0.15, 0.2) is 30.3 Å². The molecule has 34 heavy (non-hydrogen) atoms. The molecular formula is C28H40N2O4. The number of fused-ring (bicyclic) bond motifs is 2. The number of benzene rings is 1. The number of rotatable bonds is 5. The van der Waals surface area contributed by atoms with E-state index in [-0.39, 0.29) is 29.3 Å². The predicted molar refractivity (Wildman–Crippen MR) is 133 cm³/mol. The van der Waals surface area contributed by atoms with Crippen LogP contribution < -0.4 is 0 Å². The van der Waals surface area contributed by atoms with Crippen LogP contribution in [0, 0.1) is 11.8 Å². The lowest BCUT2D eigenvalue weighted by Gasteiger charge is -2.40. The van der Waals surface area contributed by atoms with Crippen molar-refractivity contribution < 1.29 is 19.1 Å². The molecule has 0 radical (unpaired) electrons. The lowest BCUT2D eigenvalue weighted by atomic mass is 9.74. The second kappa shape index (κ2) is 10.1. The van der Waals surface area contributed by atoms with E-state index in [2.05, 4.69) is 41.3 Å². The average Bonchev–Trinajstić information content (AvgIpc) is 3.17. The molecule has 1 aliphatic carbocycles. The van der Waals surface area contributed by atoms with E-state index in [1.165, 1.54) is 18.2 Å². The molecule has 1 spiro atoms. The predicted octanol–water partition coefficient (Wildman–Crippen LogP) is 4.87. The minimum atomic E-state index is -0.521. The number of methoxy groups -OCH3 is 1. The zero-order chi connectivity index (χ0) is 24.3. The second-order valence-corrected chi connectivity index (χ2v) is 11.2. The Morgan fingerprint density at radius 1 is 1.15 bits per heavy atom. The number of amides is 1. The average molecular weight is 469 g/mol. The van der Waals surface area contributed by atoms with Gasteiger partial charge in [-0.3, -0.25) is 4.79 Å². The fourth-order valence-corrected chi connectivity index (χ4v) is 5.90. The number of hydrogen-bond acceptors (Lipinski definition) is 5. The molecule has 0 saturated carbocycles. The molecule has 1 aromatic carbocycles. The van der Waals surface area contributed by atoms with Gasteiger partial charge in [-0.2, -0.15) is 0 Å². The van der Waals surface area contributed by atoms with Crippen LogP contribution in [0.1, 0.15) is 64.0 Å². The van der Waals surface area contributed by atoms with Gasteiger partial charge in [0, 0.05) is 18.5 Å². The first-order valence-electron chi connectivity index (χ1n) is 12.8. The van der Waals surface area contributed by atoms with Gasteiger partial charge in [-0.1, -0.05) is 36.4 Å². The molecule has 3 aliphatic rings. The van der Waals surface area contributed by atoms with Crippen LogP contribution in [0.25, 0.3) is 6.08 Å². The van der Waals surface area contributed by atoms with E-state index in [0.29, 0.717) is 13.1 Å². The fraction of sp³-hybridized carbons (Fsp3) is 0.643. The standard InChI is InChI=1S/C28H40N2O4/c1-27(2,3)34-26(32)30-16-7-9-22(20-30)23(25(31)33-4)12-17-29-18-14-28(15-19-29)13-11-21-8-5-6-10-24(21)28/h5-6,8,10-11,13,22-23H,7,9,12,14-20H2,1-4H3. The van der Waals surface area contributed by atoms with Crippen molar-refractivity contribution in [3.8, 4) is 0 Å². The van der Waals surface area contributed by atoms with E-state index >= 15 is 0 Å². The van der Waals surface area contributed by atoms with Crippen molar-refractivity contribution in [1.29, 1.82) is 0 Å². The molecule has 2 heterocycles. The monoisotopic (exact) mass is 468 g/mol. The van der Waals surface area contributed by atoms with Gasteiger partial charge in [0.05, 0.1) is 13.0 Å². The van der Waals surface area contributed by atoms with Crippen molar-refractivity contribution in [2.75, 3.05) is 39.8 Å². The molecule has 0 N–H and O–H groups in total. The van der Waals surface area contributed by atoms with Gasteiger partial charge in [-0.05, 0) is 89.6 Å². The number of ether oxygens (including phenoxy) is 2. The topological polar surface area (TPSA) is 59.1 Å². The van der Waals surface area contributed by atoms with Crippen LogP contribution >= 0.6 is 0 Å². The van der Waals surface area contributed by atoms with Crippen molar-refractivity contribution >= 4 is 18.1 Å². The minimum absolute atomic E-state index is 0.106. The molecular weight excluding hydrogens is 428 g/mol. The molecule has 186 valence electrons. The van der Waals surface area contributed by atoms with Gasteiger partial charge in [0.1, 0.15) is 5.60 Å². The van der Waals surface area contributed by atoms with Gasteiger partial charge in [-0.15, -0.1) is 0 Å². The Kier molecular flexibility index (Phi) is 7.36. The maximum atomic E-state index is 12.7. The molecule has 2 unspecified atom stereocenters. The first kappa shape index (κ1) is 24.8. The minimum Gasteiger partial charge on any atom is -0.469 e. The number of carbonyl (C=O) groups excluding carboxylic acids is 2. The highest BCUT2D eigenvalue weighted by molar-refractivity contribution is 5.73. The summed E-state index contributed by atoms with van der Waals surface area (Å²) in [5.74, 6) is -0.245. The summed E-state index contributed by atoms with van der Waals surface area (Å²) in [5, 5.41) is 0. The molecule has 2 aliphatic heterocycles. The van der Waals surface area contributed by atoms with Crippen molar-refractivity contribution in [2.24, 2.45) is 11.8 Å². The molecule has 2 saturated heterocycles. The molecule has 4 rings (SSSR count). The highest BCUT2D eigenvalue weighted by Gasteiger charge is 2.39. The van der Waals surface area contributed by atoms with Crippen LogP contribution in [0.2, 0.25) is 0 Å². The van der Waals surface area contributed by atoms with Crippen molar-refractivity contribution in [2.45, 2.75) is 63.9 Å². The number of hydrogen-bond donors (Lipinski definition) is 0. The van der Waals surface area contributed by atoms with Gasteiger partial charge in [0.25, 0.3) is 0 Å². The Morgan fingerprint density at radius 2 is 1.88 bits per heavy atom. The van der Waals surface area contributed by atoms with Gasteiger partial charge < -0.3 is 19.3 Å². The fourth-order valence-electron chi connectivity index (χ4n) is 5.90. The summed E-state index contributed by atoms with van der Waals surface area (Å²) in [4.78, 5) is 29.6. The lowest BCUT2D eigenvalue weighted by Crippen LogP contribution is -2.46. The van der Waals surface area contributed by atoms with Crippen LogP contribution in [-0.2, 0) is 19.7 Å². The van der Waals surface area contributed by atoms with Gasteiger partial charge >= 0.3 is 12.1 Å². The summed E-state index contributed by atoms with van der Waals surface area (Å²) in [7, 11) is 1.47. The summed E-state index contributed by atoms with van der Waals surface area (Å²) >= 11 is 0. The highest BCUT2D eigenvalue weighted by Crippen LogP contribution is 2.43. The van der Waals surface area contributed by atoms with Crippen molar-refractivity contribution in [1.82, 2.24) is 9.80 Å². The Hall–Kier alpha value is -2.34. The summed E-state index contributed by atoms with van der Waals surface area (Å²) in [5.41, 5.74) is 2.47. The quantitative estimate of drug-likeness (QED) is 0.577. The first-order valence-corrected chi connectivity index (χ1v) is 12.8. The van der Waals surface area contributed by atoms with Crippen molar-refractivity contribution in [3.63, 3.8) is 0 Å². The maximum absolute atomic E-state index is 12.7. The second-order valence-electron chi connectivity index (χ2n) is 11.2. The van der Waals surface area contributed by atoms with E-state index in [1.54, 1.807) is 4.90 Å². The number of allylic oxidation sites excluding steroid dienone is 1. The molecule has 6 heteroatoms. The first-order chi connectivity index (χ1) is 16.2. The van der Waals surface area contributed by atoms with E-state index < -0.39 is 5.60 Å². The van der Waals surface area contributed by atoms with Crippen LogP contribution in [0.4, 0.5) is 4.79 Å². The summed E-state index contributed by atoms with van der Waals surface area (Å²) in [6, 6.07) is 8.74. The summed E-state index contributed by atoms with van der Waals surface area (Å²) in [6.07, 6.45) is 9.19. The van der Waals surface area contributed by atoms with Crippen molar-refractivity contribution in [3.05, 3.63) is 41.5 Å². The van der Waals surface area contributed by atoms with Gasteiger partial charge in [0.15, 0.2) is 0 Å². The SMILES string of the molecule is COC(=O)C(CCN1CCC2(C=Cc3ccccc32)CC1)C1CCCN(C(=O)OC(C)(C)C)C1. The van der Waals surface area contributed by atoms with Gasteiger partial charge in [-0.25, -0.2) is 4.79 Å². The van der Waals surface area contributed by atoms with Crippen LogP contribution in [0.3, 0.4) is 0 Å². The third-order valence-corrected chi connectivity index (χ3v) is 7.77. The molecule has 0 bridgehead atoms. The van der Waals surface area contributed by atoms with Crippen LogP contribution in [0.5, 0.6) is 0 Å². The Labute approximate surface area is 204 Å². The molecule has 6 nitrogen and oxygen atoms in total. The molecule has 0 aromatic heterocycles. The molecule has 1 aromatic rings. The van der Waals surface area contributed by atoms with E-state index in [1.807, 2.05) is 20.8 Å². The van der Waals surface area contributed by atoms with Gasteiger partial charge in [0.2, 0.25) is 0 Å². The van der Waals surface area contributed by atoms with E-state index in [9.17, 15) is 9.59 Å². The third kappa shape index (κ3) is 5.48. The number of carbonyl (C=O) groups is 2. The molecule has 2 atom stereocenters. The summed E-state index contributed by atoms with van der Waals surface area (Å²) in [6.45, 7) is 9.82. The van der Waals surface area contributed by atoms with E-state index in [4.69, 9.17) is 9.47 Å². The number of nitrogens with zero attached hydrogens (tertiary/aromatic N) is 2. The molecule has 1 amide bonds. The Morgan fingerprint density at radius 3 is 2.59 bits per heavy atom. The number of likely N-dealkylation sites (tertiary alicyclic amines) is 2. The summed E-state index contributed by atoms with van der Waals surface area (Å²) < 4.78 is 10.8. The normalized spacial score (nSPS) is 22.9. The Bertz CT molecular complexity index is 911. The smallest absolute Gasteiger partial charge is 0.410 e.